The minimum Gasteiger partial charge on any atom is -0.448 e. The first-order chi connectivity index (χ1) is 7.77. The summed E-state index contributed by atoms with van der Waals surface area (Å²) in [5, 5.41) is 1.89. The van der Waals surface area contributed by atoms with Crippen molar-refractivity contribution >= 4 is 23.2 Å². The van der Waals surface area contributed by atoms with Gasteiger partial charge in [0, 0.05) is 13.0 Å². The van der Waals surface area contributed by atoms with Crippen molar-refractivity contribution in [2.75, 3.05) is 19.7 Å². The van der Waals surface area contributed by atoms with E-state index in [1.54, 1.807) is 4.90 Å². The normalized spacial score (nSPS) is 15.2. The van der Waals surface area contributed by atoms with E-state index >= 15 is 0 Å². The van der Waals surface area contributed by atoms with Gasteiger partial charge in [-0.2, -0.15) is 0 Å². The molecule has 16 heavy (non-hydrogen) atoms. The van der Waals surface area contributed by atoms with E-state index in [0.717, 1.165) is 4.88 Å². The highest BCUT2D eigenvalue weighted by Crippen LogP contribution is 2.13. The smallest absolute Gasteiger partial charge is 0.409 e. The second kappa shape index (κ2) is 5.12. The predicted octanol–water partition coefficient (Wildman–Crippen LogP) is 2.16. The Hall–Kier alpha value is -1.36. The highest BCUT2D eigenvalue weighted by molar-refractivity contribution is 7.12. The minimum absolute atomic E-state index is 0.155. The van der Waals surface area contributed by atoms with E-state index in [9.17, 15) is 9.59 Å². The van der Waals surface area contributed by atoms with Gasteiger partial charge < -0.3 is 9.64 Å². The highest BCUT2D eigenvalue weighted by atomic mass is 32.1. The summed E-state index contributed by atoms with van der Waals surface area (Å²) >= 11 is 1.46. The van der Waals surface area contributed by atoms with Gasteiger partial charge in [0.05, 0.1) is 11.4 Å². The Labute approximate surface area is 97.8 Å². The number of nitrogens with zero attached hydrogens (tertiary/aromatic N) is 1. The van der Waals surface area contributed by atoms with Crippen molar-refractivity contribution in [1.29, 1.82) is 0 Å². The summed E-state index contributed by atoms with van der Waals surface area (Å²) in [4.78, 5) is 25.2. The molecule has 0 atom stereocenters. The van der Waals surface area contributed by atoms with Crippen LogP contribution in [-0.2, 0) is 4.74 Å². The van der Waals surface area contributed by atoms with Crippen LogP contribution in [0.3, 0.4) is 0 Å². The lowest BCUT2D eigenvalue weighted by atomic mass is 10.2. The summed E-state index contributed by atoms with van der Waals surface area (Å²) in [6.45, 7) is 1.72. The van der Waals surface area contributed by atoms with Gasteiger partial charge in [-0.1, -0.05) is 6.07 Å². The van der Waals surface area contributed by atoms with E-state index < -0.39 is 0 Å². The first kappa shape index (κ1) is 11.1. The Morgan fingerprint density at radius 3 is 3.06 bits per heavy atom. The molecule has 0 aromatic carbocycles. The molecule has 1 aromatic heterocycles. The maximum absolute atomic E-state index is 11.6. The van der Waals surface area contributed by atoms with Gasteiger partial charge in [-0.05, 0) is 17.9 Å². The van der Waals surface area contributed by atoms with Crippen LogP contribution in [0.1, 0.15) is 22.5 Å². The number of thiophene rings is 1. The average Bonchev–Trinajstić information content (AvgIpc) is 2.90. The number of carbonyl (C=O) groups excluding carboxylic acids is 2. The quantitative estimate of drug-likeness (QED) is 0.740. The van der Waals surface area contributed by atoms with Gasteiger partial charge in [0.25, 0.3) is 0 Å². The third-order valence-electron chi connectivity index (χ3n) is 2.47. The van der Waals surface area contributed by atoms with Crippen LogP contribution in [0.5, 0.6) is 0 Å². The fourth-order valence-electron chi connectivity index (χ4n) is 1.62. The van der Waals surface area contributed by atoms with Gasteiger partial charge in [0.15, 0.2) is 5.78 Å². The maximum atomic E-state index is 11.6. The van der Waals surface area contributed by atoms with E-state index in [0.29, 0.717) is 32.5 Å². The molecule has 0 radical (unpaired) electrons. The molecule has 0 spiro atoms. The molecule has 4 nitrogen and oxygen atoms in total. The van der Waals surface area contributed by atoms with Crippen molar-refractivity contribution in [3.8, 4) is 0 Å². The minimum atomic E-state index is -0.261. The molecule has 0 aliphatic carbocycles. The van der Waals surface area contributed by atoms with Gasteiger partial charge in [0.1, 0.15) is 6.61 Å². The van der Waals surface area contributed by atoms with Crippen molar-refractivity contribution in [2.45, 2.75) is 12.8 Å². The monoisotopic (exact) mass is 239 g/mol. The molecule has 0 unspecified atom stereocenters. The van der Waals surface area contributed by atoms with Crippen LogP contribution in [-0.4, -0.2) is 36.5 Å². The first-order valence-corrected chi connectivity index (χ1v) is 6.14. The molecule has 86 valence electrons. The fraction of sp³-hybridized carbons (Fsp3) is 0.455. The predicted molar refractivity (Wildman–Crippen MR) is 60.8 cm³/mol. The summed E-state index contributed by atoms with van der Waals surface area (Å²) in [6, 6.07) is 3.70. The Morgan fingerprint density at radius 2 is 2.44 bits per heavy atom. The van der Waals surface area contributed by atoms with Crippen LogP contribution in [0.25, 0.3) is 0 Å². The molecule has 1 amide bonds. The Bertz CT molecular complexity index is 375. The lowest BCUT2D eigenvalue weighted by molar-refractivity contribution is 0.0979. The number of hydrogen-bond donors (Lipinski definition) is 0. The number of hydrogen-bond acceptors (Lipinski definition) is 4. The van der Waals surface area contributed by atoms with Crippen LogP contribution in [0.2, 0.25) is 0 Å². The molecule has 1 aliphatic heterocycles. The molecule has 1 saturated heterocycles. The van der Waals surface area contributed by atoms with Crippen molar-refractivity contribution < 1.29 is 14.3 Å². The summed E-state index contributed by atoms with van der Waals surface area (Å²) < 4.78 is 4.80. The summed E-state index contributed by atoms with van der Waals surface area (Å²) in [5.41, 5.74) is 0. The number of Topliss-reactive ketones (excluding diaryl/α,β-unsaturated/α-hetero) is 1. The lowest BCUT2D eigenvalue weighted by Crippen LogP contribution is -2.25. The van der Waals surface area contributed by atoms with Crippen molar-refractivity contribution in [1.82, 2.24) is 4.90 Å². The Kier molecular flexibility index (Phi) is 3.56. The third-order valence-corrected chi connectivity index (χ3v) is 3.38. The van der Waals surface area contributed by atoms with Gasteiger partial charge in [-0.3, -0.25) is 4.79 Å². The van der Waals surface area contributed by atoms with Crippen LogP contribution in [0, 0.1) is 0 Å². The molecular weight excluding hydrogens is 226 g/mol. The molecule has 5 heteroatoms. The van der Waals surface area contributed by atoms with Crippen molar-refractivity contribution in [2.24, 2.45) is 0 Å². The van der Waals surface area contributed by atoms with E-state index in [1.807, 2.05) is 17.5 Å². The zero-order valence-electron chi connectivity index (χ0n) is 8.85. The SMILES string of the molecule is O=C(CCCN1CCOC1=O)c1cccs1. The first-order valence-electron chi connectivity index (χ1n) is 5.26. The van der Waals surface area contributed by atoms with Gasteiger partial charge in [-0.15, -0.1) is 11.3 Å². The third kappa shape index (κ3) is 2.61. The summed E-state index contributed by atoms with van der Waals surface area (Å²) in [5.74, 6) is 0.155. The fourth-order valence-corrected chi connectivity index (χ4v) is 2.31. The molecule has 1 aromatic rings. The van der Waals surface area contributed by atoms with Crippen LogP contribution >= 0.6 is 11.3 Å². The summed E-state index contributed by atoms with van der Waals surface area (Å²) in [7, 11) is 0. The van der Waals surface area contributed by atoms with Crippen molar-refractivity contribution in [3.63, 3.8) is 0 Å². The Balaban J connectivity index is 1.72. The molecular formula is C11H13NO3S. The average molecular weight is 239 g/mol. The largest absolute Gasteiger partial charge is 0.448 e. The molecule has 0 saturated carbocycles. The van der Waals surface area contributed by atoms with Gasteiger partial charge in [-0.25, -0.2) is 4.79 Å². The molecule has 1 fully saturated rings. The van der Waals surface area contributed by atoms with Crippen molar-refractivity contribution in [3.05, 3.63) is 22.4 Å². The number of ketones is 1. The topological polar surface area (TPSA) is 46.6 Å². The molecule has 2 rings (SSSR count). The molecule has 2 heterocycles. The number of cyclic esters (lactones) is 1. The second-order valence-corrected chi connectivity index (χ2v) is 4.55. The highest BCUT2D eigenvalue weighted by Gasteiger charge is 2.21. The Morgan fingerprint density at radius 1 is 1.56 bits per heavy atom. The van der Waals surface area contributed by atoms with Gasteiger partial charge in [0.2, 0.25) is 0 Å². The zero-order chi connectivity index (χ0) is 11.4. The number of carbonyl (C=O) groups is 2. The molecule has 0 N–H and O–H groups in total. The van der Waals surface area contributed by atoms with Gasteiger partial charge >= 0.3 is 6.09 Å². The van der Waals surface area contributed by atoms with E-state index in [4.69, 9.17) is 4.74 Å². The van der Waals surface area contributed by atoms with E-state index in [1.165, 1.54) is 11.3 Å². The van der Waals surface area contributed by atoms with Crippen LogP contribution in [0.15, 0.2) is 17.5 Å². The molecule has 0 bridgehead atoms. The van der Waals surface area contributed by atoms with Crippen LogP contribution in [0.4, 0.5) is 4.79 Å². The zero-order valence-corrected chi connectivity index (χ0v) is 9.66. The second-order valence-electron chi connectivity index (χ2n) is 3.61. The van der Waals surface area contributed by atoms with E-state index in [2.05, 4.69) is 0 Å². The van der Waals surface area contributed by atoms with Crippen LogP contribution < -0.4 is 0 Å². The maximum Gasteiger partial charge on any atom is 0.409 e. The number of amides is 1. The van der Waals surface area contributed by atoms with E-state index in [-0.39, 0.29) is 11.9 Å². The number of rotatable bonds is 5. The molecule has 1 aliphatic rings. The number of ether oxygens (including phenoxy) is 1. The lowest BCUT2D eigenvalue weighted by Gasteiger charge is -2.11. The summed E-state index contributed by atoms with van der Waals surface area (Å²) in [6.07, 6.45) is 0.930. The standard InChI is InChI=1S/C11H13NO3S/c13-9(10-4-2-8-16-10)3-1-5-12-6-7-15-11(12)14/h2,4,8H,1,3,5-7H2.